The topological polar surface area (TPSA) is 80.7 Å². The molecule has 0 bridgehead atoms. The van der Waals surface area contributed by atoms with E-state index in [1.807, 2.05) is 0 Å². The Morgan fingerprint density at radius 3 is 2.35 bits per heavy atom. The molecule has 0 aliphatic carbocycles. The van der Waals surface area contributed by atoms with Crippen molar-refractivity contribution < 1.29 is 23.1 Å². The van der Waals surface area contributed by atoms with Crippen molar-refractivity contribution in [2.45, 2.75) is 12.2 Å². The molecule has 0 radical (unpaired) electrons. The fraction of sp³-hybridized carbons (Fsp3) is 0.364. The molecule has 1 aromatic carbocycles. The lowest BCUT2D eigenvalue weighted by atomic mass is 10.2. The van der Waals surface area contributed by atoms with Crippen molar-refractivity contribution in [1.29, 1.82) is 0 Å². The van der Waals surface area contributed by atoms with Crippen LogP contribution in [0, 0.1) is 0 Å². The van der Waals surface area contributed by atoms with Crippen molar-refractivity contribution in [3.05, 3.63) is 29.8 Å². The highest BCUT2D eigenvalue weighted by Crippen LogP contribution is 2.20. The molecule has 1 aliphatic heterocycles. The van der Waals surface area contributed by atoms with Crippen molar-refractivity contribution in [2.24, 2.45) is 0 Å². The van der Waals surface area contributed by atoms with E-state index in [-0.39, 0.29) is 11.5 Å². The summed E-state index contributed by atoms with van der Waals surface area (Å²) in [6.45, 7) is 0. The predicted molar refractivity (Wildman–Crippen MR) is 60.9 cm³/mol. The Hall–Kier alpha value is -1.40. The number of aliphatic hydroxyl groups is 1. The van der Waals surface area contributed by atoms with E-state index < -0.39 is 22.0 Å². The SMILES string of the molecule is O=Cc1ccc(OC2CS(=O)(=O)CC2O)cc1. The first-order valence-corrected chi connectivity index (χ1v) is 6.93. The normalized spacial score (nSPS) is 26.6. The predicted octanol–water partition coefficient (Wildman–Crippen LogP) is 0.0358. The number of carbonyl (C=O) groups excluding carboxylic acids is 1. The molecule has 1 saturated heterocycles. The van der Waals surface area contributed by atoms with Gasteiger partial charge in [-0.25, -0.2) is 8.42 Å². The number of benzene rings is 1. The van der Waals surface area contributed by atoms with Crippen molar-refractivity contribution >= 4 is 16.1 Å². The van der Waals surface area contributed by atoms with Crippen LogP contribution in [-0.2, 0) is 9.84 Å². The third kappa shape index (κ3) is 2.83. The van der Waals surface area contributed by atoms with Gasteiger partial charge in [-0.3, -0.25) is 4.79 Å². The Morgan fingerprint density at radius 1 is 1.24 bits per heavy atom. The average Bonchev–Trinajstić information content (AvgIpc) is 2.53. The number of carbonyl (C=O) groups is 1. The third-order valence-corrected chi connectivity index (χ3v) is 4.26. The minimum absolute atomic E-state index is 0.177. The first-order chi connectivity index (χ1) is 8.00. The van der Waals surface area contributed by atoms with Gasteiger partial charge in [0.25, 0.3) is 0 Å². The maximum absolute atomic E-state index is 11.3. The van der Waals surface area contributed by atoms with E-state index >= 15 is 0 Å². The summed E-state index contributed by atoms with van der Waals surface area (Å²) in [5.74, 6) is 0.00462. The van der Waals surface area contributed by atoms with Crippen LogP contribution in [0.5, 0.6) is 5.75 Å². The molecule has 0 spiro atoms. The van der Waals surface area contributed by atoms with Gasteiger partial charge in [-0.05, 0) is 24.3 Å². The lowest BCUT2D eigenvalue weighted by Gasteiger charge is -2.15. The monoisotopic (exact) mass is 256 g/mol. The van der Waals surface area contributed by atoms with E-state index in [0.29, 0.717) is 17.6 Å². The summed E-state index contributed by atoms with van der Waals surface area (Å²) >= 11 is 0. The molecule has 92 valence electrons. The fourth-order valence-corrected chi connectivity index (χ4v) is 3.37. The second-order valence-electron chi connectivity index (χ2n) is 3.99. The van der Waals surface area contributed by atoms with Crippen LogP contribution in [0.1, 0.15) is 10.4 Å². The van der Waals surface area contributed by atoms with Crippen LogP contribution < -0.4 is 4.74 Å². The van der Waals surface area contributed by atoms with Gasteiger partial charge in [0.1, 0.15) is 24.2 Å². The number of hydrogen-bond donors (Lipinski definition) is 1. The largest absolute Gasteiger partial charge is 0.487 e. The zero-order chi connectivity index (χ0) is 12.5. The van der Waals surface area contributed by atoms with Gasteiger partial charge >= 0.3 is 0 Å². The average molecular weight is 256 g/mol. The summed E-state index contributed by atoms with van der Waals surface area (Å²) in [6, 6.07) is 6.28. The minimum Gasteiger partial charge on any atom is -0.487 e. The van der Waals surface area contributed by atoms with E-state index in [0.717, 1.165) is 0 Å². The lowest BCUT2D eigenvalue weighted by molar-refractivity contribution is 0.0738. The molecule has 17 heavy (non-hydrogen) atoms. The summed E-state index contributed by atoms with van der Waals surface area (Å²) in [5, 5.41) is 9.53. The standard InChI is InChI=1S/C11H12O5S/c12-5-8-1-3-9(4-2-8)16-11-7-17(14,15)6-10(11)13/h1-5,10-11,13H,6-7H2. The van der Waals surface area contributed by atoms with Gasteiger partial charge in [-0.2, -0.15) is 0 Å². The molecule has 6 heteroatoms. The van der Waals surface area contributed by atoms with E-state index in [4.69, 9.17) is 4.74 Å². The summed E-state index contributed by atoms with van der Waals surface area (Å²) in [4.78, 5) is 10.4. The Morgan fingerprint density at radius 2 is 1.88 bits per heavy atom. The molecule has 5 nitrogen and oxygen atoms in total. The maximum atomic E-state index is 11.3. The number of aliphatic hydroxyl groups excluding tert-OH is 1. The van der Waals surface area contributed by atoms with E-state index in [1.54, 1.807) is 24.3 Å². The van der Waals surface area contributed by atoms with E-state index in [1.165, 1.54) is 0 Å². The Labute approximate surface area is 98.9 Å². The molecule has 2 atom stereocenters. The molecule has 0 amide bonds. The van der Waals surface area contributed by atoms with Crippen LogP contribution in [-0.4, -0.2) is 43.5 Å². The summed E-state index contributed by atoms with van der Waals surface area (Å²) in [5.41, 5.74) is 0.511. The second kappa shape index (κ2) is 4.46. The van der Waals surface area contributed by atoms with Crippen LogP contribution in [0.3, 0.4) is 0 Å². The van der Waals surface area contributed by atoms with Crippen molar-refractivity contribution in [1.82, 2.24) is 0 Å². The molecular weight excluding hydrogens is 244 g/mol. The van der Waals surface area contributed by atoms with Crippen molar-refractivity contribution in [3.8, 4) is 5.75 Å². The highest BCUT2D eigenvalue weighted by molar-refractivity contribution is 7.91. The molecule has 0 saturated carbocycles. The molecular formula is C11H12O5S. The summed E-state index contributed by atoms with van der Waals surface area (Å²) < 4.78 is 27.9. The zero-order valence-electron chi connectivity index (χ0n) is 8.94. The number of ether oxygens (including phenoxy) is 1. The second-order valence-corrected chi connectivity index (χ2v) is 6.14. The van der Waals surface area contributed by atoms with Gasteiger partial charge in [0.05, 0.1) is 11.5 Å². The van der Waals surface area contributed by atoms with Crippen LogP contribution in [0.2, 0.25) is 0 Å². The van der Waals surface area contributed by atoms with Crippen molar-refractivity contribution in [2.75, 3.05) is 11.5 Å². The summed E-state index contributed by atoms with van der Waals surface area (Å²) in [6.07, 6.45) is -1.02. The van der Waals surface area contributed by atoms with E-state index in [2.05, 4.69) is 0 Å². The molecule has 0 aromatic heterocycles. The minimum atomic E-state index is -3.21. The molecule has 1 aliphatic rings. The number of sulfone groups is 1. The van der Waals surface area contributed by atoms with Crippen LogP contribution >= 0.6 is 0 Å². The van der Waals surface area contributed by atoms with Gasteiger partial charge in [0.2, 0.25) is 0 Å². The number of rotatable bonds is 3. The van der Waals surface area contributed by atoms with Crippen LogP contribution in [0.4, 0.5) is 0 Å². The quantitative estimate of drug-likeness (QED) is 0.772. The Balaban J connectivity index is 2.08. The van der Waals surface area contributed by atoms with Gasteiger partial charge in [0.15, 0.2) is 9.84 Å². The highest BCUT2D eigenvalue weighted by atomic mass is 32.2. The first-order valence-electron chi connectivity index (χ1n) is 5.10. The number of aldehydes is 1. The summed E-state index contributed by atoms with van der Waals surface area (Å²) in [7, 11) is -3.21. The van der Waals surface area contributed by atoms with Crippen LogP contribution in [0.25, 0.3) is 0 Å². The van der Waals surface area contributed by atoms with Crippen LogP contribution in [0.15, 0.2) is 24.3 Å². The van der Waals surface area contributed by atoms with Gasteiger partial charge in [0, 0.05) is 5.56 Å². The van der Waals surface area contributed by atoms with Gasteiger partial charge in [-0.1, -0.05) is 0 Å². The molecule has 1 fully saturated rings. The van der Waals surface area contributed by atoms with Gasteiger partial charge in [-0.15, -0.1) is 0 Å². The smallest absolute Gasteiger partial charge is 0.156 e. The fourth-order valence-electron chi connectivity index (χ4n) is 1.71. The zero-order valence-corrected chi connectivity index (χ0v) is 9.76. The molecule has 1 aromatic rings. The van der Waals surface area contributed by atoms with E-state index in [9.17, 15) is 18.3 Å². The van der Waals surface area contributed by atoms with Crippen molar-refractivity contribution in [3.63, 3.8) is 0 Å². The highest BCUT2D eigenvalue weighted by Gasteiger charge is 2.38. The van der Waals surface area contributed by atoms with Gasteiger partial charge < -0.3 is 9.84 Å². The lowest BCUT2D eigenvalue weighted by Crippen LogP contribution is -2.29. The molecule has 2 unspecified atom stereocenters. The number of hydrogen-bond acceptors (Lipinski definition) is 5. The first kappa shape index (κ1) is 12.1. The molecule has 2 rings (SSSR count). The third-order valence-electron chi connectivity index (χ3n) is 2.58. The molecule has 1 heterocycles. The maximum Gasteiger partial charge on any atom is 0.156 e. The molecule has 1 N–H and O–H groups in total. The Kier molecular flexibility index (Phi) is 3.17. The Bertz CT molecular complexity index is 505.